The molecule has 68 valence electrons. The van der Waals surface area contributed by atoms with E-state index in [1.807, 2.05) is 0 Å². The molecule has 0 unspecified atom stereocenters. The van der Waals surface area contributed by atoms with Crippen LogP contribution in [0.25, 0.3) is 0 Å². The Morgan fingerprint density at radius 1 is 1.50 bits per heavy atom. The average Bonchev–Trinajstić information content (AvgIpc) is 2.35. The Labute approximate surface area is 72.1 Å². The summed E-state index contributed by atoms with van der Waals surface area (Å²) in [5.41, 5.74) is 0. The van der Waals surface area contributed by atoms with Gasteiger partial charge in [-0.3, -0.25) is 4.68 Å². The van der Waals surface area contributed by atoms with E-state index in [2.05, 4.69) is 5.10 Å². The van der Waals surface area contributed by atoms with Gasteiger partial charge in [-0.1, -0.05) is 0 Å². The number of aromatic nitrogens is 2. The Kier molecular flexibility index (Phi) is 2.23. The smallest absolute Gasteiger partial charge is 0.197 e. The van der Waals surface area contributed by atoms with Crippen LogP contribution in [0.15, 0.2) is 17.3 Å². The van der Waals surface area contributed by atoms with Gasteiger partial charge in [-0.05, 0) is 19.9 Å². The third-order valence-electron chi connectivity index (χ3n) is 1.69. The standard InChI is InChI=1S/C7H12N2O2S/c1-6(2)12(10,11)7-4-5-8-9(7)3/h4-6H,1-3H3. The quantitative estimate of drug-likeness (QED) is 0.683. The summed E-state index contributed by atoms with van der Waals surface area (Å²) in [4.78, 5) is 0. The van der Waals surface area contributed by atoms with Crippen molar-refractivity contribution in [1.29, 1.82) is 0 Å². The fourth-order valence-corrected chi connectivity index (χ4v) is 2.03. The van der Waals surface area contributed by atoms with Gasteiger partial charge < -0.3 is 0 Å². The van der Waals surface area contributed by atoms with Crippen LogP contribution in [0.1, 0.15) is 13.8 Å². The van der Waals surface area contributed by atoms with Crippen LogP contribution in [0.2, 0.25) is 0 Å². The van der Waals surface area contributed by atoms with Gasteiger partial charge in [-0.15, -0.1) is 0 Å². The minimum absolute atomic E-state index is 0.275. The van der Waals surface area contributed by atoms with E-state index in [0.717, 1.165) is 0 Å². The van der Waals surface area contributed by atoms with Crippen LogP contribution in [0, 0.1) is 0 Å². The molecule has 5 heteroatoms. The van der Waals surface area contributed by atoms with Gasteiger partial charge in [0, 0.05) is 7.05 Å². The second kappa shape index (κ2) is 2.90. The molecule has 0 radical (unpaired) electrons. The molecule has 0 aliphatic carbocycles. The molecule has 0 N–H and O–H groups in total. The summed E-state index contributed by atoms with van der Waals surface area (Å²) in [6, 6.07) is 1.51. The Bertz CT molecular complexity index is 365. The molecular weight excluding hydrogens is 176 g/mol. The summed E-state index contributed by atoms with van der Waals surface area (Å²) in [6.45, 7) is 3.31. The number of aryl methyl sites for hydroxylation is 1. The van der Waals surface area contributed by atoms with Crippen molar-refractivity contribution in [2.45, 2.75) is 24.1 Å². The van der Waals surface area contributed by atoms with Gasteiger partial charge in [0.1, 0.15) is 0 Å². The molecule has 0 amide bonds. The van der Waals surface area contributed by atoms with Crippen LogP contribution in [0.4, 0.5) is 0 Å². The van der Waals surface area contributed by atoms with Crippen LogP contribution < -0.4 is 0 Å². The van der Waals surface area contributed by atoms with Crippen LogP contribution in [0.5, 0.6) is 0 Å². The van der Waals surface area contributed by atoms with E-state index in [9.17, 15) is 8.42 Å². The number of sulfone groups is 1. The lowest BCUT2D eigenvalue weighted by molar-refractivity contribution is 0.568. The SMILES string of the molecule is CC(C)S(=O)(=O)c1ccnn1C. The molecule has 0 spiro atoms. The Morgan fingerprint density at radius 3 is 2.42 bits per heavy atom. The second-order valence-electron chi connectivity index (χ2n) is 2.89. The Hall–Kier alpha value is -0.840. The molecule has 0 bridgehead atoms. The lowest BCUT2D eigenvalue weighted by atomic mass is 10.6. The molecule has 12 heavy (non-hydrogen) atoms. The first kappa shape index (κ1) is 9.25. The largest absolute Gasteiger partial charge is 0.257 e. The van der Waals surface area contributed by atoms with Crippen molar-refractivity contribution in [3.63, 3.8) is 0 Å². The van der Waals surface area contributed by atoms with Crippen molar-refractivity contribution in [2.24, 2.45) is 7.05 Å². The first-order valence-electron chi connectivity index (χ1n) is 3.68. The fourth-order valence-electron chi connectivity index (χ4n) is 0.882. The maximum atomic E-state index is 11.6. The summed E-state index contributed by atoms with van der Waals surface area (Å²) in [5.74, 6) is 0. The average molecular weight is 188 g/mol. The molecule has 4 nitrogen and oxygen atoms in total. The van der Waals surface area contributed by atoms with Crippen molar-refractivity contribution >= 4 is 9.84 Å². The van der Waals surface area contributed by atoms with E-state index >= 15 is 0 Å². The highest BCUT2D eigenvalue weighted by Crippen LogP contribution is 2.13. The lowest BCUT2D eigenvalue weighted by Crippen LogP contribution is -2.17. The zero-order valence-corrected chi connectivity index (χ0v) is 8.17. The van der Waals surface area contributed by atoms with Gasteiger partial charge in [0.05, 0.1) is 11.4 Å². The first-order valence-corrected chi connectivity index (χ1v) is 5.23. The normalized spacial score (nSPS) is 12.3. The molecule has 0 fully saturated rings. The molecular formula is C7H12N2O2S. The summed E-state index contributed by atoms with van der Waals surface area (Å²) in [6.07, 6.45) is 1.48. The molecule has 1 rings (SSSR count). The highest BCUT2D eigenvalue weighted by atomic mass is 32.2. The van der Waals surface area contributed by atoms with Crippen molar-refractivity contribution in [2.75, 3.05) is 0 Å². The van der Waals surface area contributed by atoms with Crippen LogP contribution in [0.3, 0.4) is 0 Å². The highest BCUT2D eigenvalue weighted by molar-refractivity contribution is 7.91. The van der Waals surface area contributed by atoms with E-state index < -0.39 is 15.1 Å². The summed E-state index contributed by atoms with van der Waals surface area (Å²) < 4.78 is 24.5. The van der Waals surface area contributed by atoms with Crippen molar-refractivity contribution < 1.29 is 8.42 Å². The van der Waals surface area contributed by atoms with E-state index in [4.69, 9.17) is 0 Å². The second-order valence-corrected chi connectivity index (χ2v) is 5.34. The molecule has 0 saturated heterocycles. The first-order chi connectivity index (χ1) is 5.46. The molecule has 0 atom stereocenters. The minimum Gasteiger partial charge on any atom is -0.257 e. The lowest BCUT2D eigenvalue weighted by Gasteiger charge is -2.06. The molecule has 1 heterocycles. The number of hydrogen-bond acceptors (Lipinski definition) is 3. The van der Waals surface area contributed by atoms with Gasteiger partial charge in [0.25, 0.3) is 0 Å². The third kappa shape index (κ3) is 1.36. The predicted octanol–water partition coefficient (Wildman–Crippen LogP) is 0.602. The number of hydrogen-bond donors (Lipinski definition) is 0. The van der Waals surface area contributed by atoms with Gasteiger partial charge in [-0.2, -0.15) is 5.10 Å². The van der Waals surface area contributed by atoms with E-state index in [-0.39, 0.29) is 5.03 Å². The molecule has 1 aromatic rings. The van der Waals surface area contributed by atoms with Crippen LogP contribution in [-0.4, -0.2) is 23.4 Å². The van der Waals surface area contributed by atoms with Gasteiger partial charge >= 0.3 is 0 Å². The summed E-state index contributed by atoms with van der Waals surface area (Å²) >= 11 is 0. The molecule has 0 aliphatic heterocycles. The molecule has 1 aromatic heterocycles. The van der Waals surface area contributed by atoms with Crippen molar-refractivity contribution in [3.8, 4) is 0 Å². The molecule has 0 saturated carbocycles. The molecule has 0 aromatic carbocycles. The van der Waals surface area contributed by atoms with E-state index in [1.165, 1.54) is 16.9 Å². The fraction of sp³-hybridized carbons (Fsp3) is 0.571. The monoisotopic (exact) mass is 188 g/mol. The summed E-state index contributed by atoms with van der Waals surface area (Å²) in [5, 5.41) is 3.68. The van der Waals surface area contributed by atoms with E-state index in [0.29, 0.717) is 0 Å². The maximum Gasteiger partial charge on any atom is 0.197 e. The number of nitrogens with zero attached hydrogens (tertiary/aromatic N) is 2. The Balaban J connectivity index is 3.24. The van der Waals surface area contributed by atoms with Crippen molar-refractivity contribution in [3.05, 3.63) is 12.3 Å². The summed E-state index contributed by atoms with van der Waals surface area (Å²) in [7, 11) is -1.54. The van der Waals surface area contributed by atoms with Crippen molar-refractivity contribution in [1.82, 2.24) is 9.78 Å². The van der Waals surface area contributed by atoms with Gasteiger partial charge in [0.2, 0.25) is 0 Å². The third-order valence-corrected chi connectivity index (χ3v) is 3.91. The van der Waals surface area contributed by atoms with Gasteiger partial charge in [-0.25, -0.2) is 8.42 Å². The predicted molar refractivity (Wildman–Crippen MR) is 45.5 cm³/mol. The van der Waals surface area contributed by atoms with Crippen LogP contribution >= 0.6 is 0 Å². The van der Waals surface area contributed by atoms with E-state index in [1.54, 1.807) is 20.9 Å². The van der Waals surface area contributed by atoms with Gasteiger partial charge in [0.15, 0.2) is 14.9 Å². The molecule has 0 aliphatic rings. The minimum atomic E-state index is -3.16. The zero-order valence-electron chi connectivity index (χ0n) is 7.35. The maximum absolute atomic E-state index is 11.6. The Morgan fingerprint density at radius 2 is 2.08 bits per heavy atom. The highest BCUT2D eigenvalue weighted by Gasteiger charge is 2.21. The number of rotatable bonds is 2. The van der Waals surface area contributed by atoms with Crippen LogP contribution in [-0.2, 0) is 16.9 Å². The topological polar surface area (TPSA) is 52.0 Å². The zero-order chi connectivity index (χ0) is 9.35.